The second-order valence-corrected chi connectivity index (χ2v) is 6.63. The predicted molar refractivity (Wildman–Crippen MR) is 83.8 cm³/mol. The Hall–Kier alpha value is -1.34. The summed E-state index contributed by atoms with van der Waals surface area (Å²) in [6.45, 7) is 2.67. The molecule has 0 atom stereocenters. The van der Waals surface area contributed by atoms with Crippen molar-refractivity contribution < 1.29 is 9.53 Å². The van der Waals surface area contributed by atoms with Crippen molar-refractivity contribution in [1.29, 1.82) is 0 Å². The molecule has 1 aromatic rings. The Kier molecular flexibility index (Phi) is 4.30. The molecule has 3 rings (SSSR count). The molecular weight excluding hydrogens is 288 g/mol. The van der Waals surface area contributed by atoms with Gasteiger partial charge < -0.3 is 20.7 Å². The van der Waals surface area contributed by atoms with E-state index in [2.05, 4.69) is 14.6 Å². The van der Waals surface area contributed by atoms with Crippen molar-refractivity contribution in [3.63, 3.8) is 0 Å². The van der Waals surface area contributed by atoms with Crippen molar-refractivity contribution in [2.24, 2.45) is 5.92 Å². The number of carbonyl (C=O) groups excluding carboxylic acids is 1. The molecule has 2 heterocycles. The third-order valence-electron chi connectivity index (χ3n) is 4.14. The topological polar surface area (TPSA) is 80.5 Å². The van der Waals surface area contributed by atoms with Gasteiger partial charge in [0.25, 0.3) is 5.91 Å². The van der Waals surface area contributed by atoms with E-state index in [0.717, 1.165) is 50.4 Å². The molecule has 1 aromatic heterocycles. The van der Waals surface area contributed by atoms with E-state index in [1.54, 1.807) is 7.11 Å². The number of methoxy groups -OCH3 is 1. The second kappa shape index (κ2) is 6.19. The van der Waals surface area contributed by atoms with Gasteiger partial charge in [-0.25, -0.2) is 0 Å². The lowest BCUT2D eigenvalue weighted by atomic mass is 9.98. The van der Waals surface area contributed by atoms with E-state index in [4.69, 9.17) is 10.5 Å². The average Bonchev–Trinajstić information content (AvgIpc) is 3.20. The van der Waals surface area contributed by atoms with Crippen LogP contribution in [-0.2, 0) is 4.74 Å². The SMILES string of the molecule is COCC1CCN(c2snc(N)c2C(=O)NC2CC2)CC1. The first-order valence-corrected chi connectivity index (χ1v) is 8.26. The Morgan fingerprint density at radius 2 is 2.14 bits per heavy atom. The summed E-state index contributed by atoms with van der Waals surface area (Å²) in [6.07, 6.45) is 4.30. The molecule has 1 aliphatic carbocycles. The van der Waals surface area contributed by atoms with Crippen LogP contribution >= 0.6 is 11.5 Å². The minimum absolute atomic E-state index is 0.0715. The van der Waals surface area contributed by atoms with Crippen LogP contribution in [0, 0.1) is 5.92 Å². The molecule has 1 saturated carbocycles. The first kappa shape index (κ1) is 14.6. The van der Waals surface area contributed by atoms with Gasteiger partial charge in [-0.1, -0.05) is 0 Å². The molecule has 6 nitrogen and oxygen atoms in total. The normalized spacial score (nSPS) is 19.8. The Morgan fingerprint density at radius 1 is 1.43 bits per heavy atom. The predicted octanol–water partition coefficient (Wildman–Crippen LogP) is 1.48. The third kappa shape index (κ3) is 3.29. The van der Waals surface area contributed by atoms with Gasteiger partial charge in [-0.2, -0.15) is 4.37 Å². The van der Waals surface area contributed by atoms with Gasteiger partial charge >= 0.3 is 0 Å². The van der Waals surface area contributed by atoms with E-state index in [9.17, 15) is 4.79 Å². The lowest BCUT2D eigenvalue weighted by Crippen LogP contribution is -2.36. The van der Waals surface area contributed by atoms with Gasteiger partial charge in [-0.3, -0.25) is 4.79 Å². The van der Waals surface area contributed by atoms with Gasteiger partial charge in [0.2, 0.25) is 0 Å². The summed E-state index contributed by atoms with van der Waals surface area (Å²) >= 11 is 1.33. The zero-order valence-corrected chi connectivity index (χ0v) is 13.1. The van der Waals surface area contributed by atoms with E-state index in [1.807, 2.05) is 0 Å². The highest BCUT2D eigenvalue weighted by molar-refractivity contribution is 7.11. The number of hydrogen-bond donors (Lipinski definition) is 2. The molecule has 0 spiro atoms. The first-order valence-electron chi connectivity index (χ1n) is 7.49. The summed E-state index contributed by atoms with van der Waals surface area (Å²) in [5.74, 6) is 0.894. The second-order valence-electron chi connectivity index (χ2n) is 5.88. The fourth-order valence-electron chi connectivity index (χ4n) is 2.75. The Morgan fingerprint density at radius 3 is 2.76 bits per heavy atom. The molecule has 116 valence electrons. The summed E-state index contributed by atoms with van der Waals surface area (Å²) in [6, 6.07) is 0.331. The molecule has 2 aliphatic rings. The van der Waals surface area contributed by atoms with E-state index in [1.165, 1.54) is 11.5 Å². The zero-order valence-electron chi connectivity index (χ0n) is 12.3. The van der Waals surface area contributed by atoms with Crippen LogP contribution in [0.2, 0.25) is 0 Å². The smallest absolute Gasteiger partial charge is 0.258 e. The number of rotatable bonds is 5. The van der Waals surface area contributed by atoms with Crippen LogP contribution in [0.3, 0.4) is 0 Å². The lowest BCUT2D eigenvalue weighted by Gasteiger charge is -2.32. The molecular formula is C14H22N4O2S. The molecule has 2 fully saturated rings. The molecule has 7 heteroatoms. The van der Waals surface area contributed by atoms with Crippen LogP contribution < -0.4 is 16.0 Å². The van der Waals surface area contributed by atoms with Crippen molar-refractivity contribution in [1.82, 2.24) is 9.69 Å². The molecule has 21 heavy (non-hydrogen) atoms. The molecule has 3 N–H and O–H groups in total. The maximum atomic E-state index is 12.3. The summed E-state index contributed by atoms with van der Waals surface area (Å²) in [4.78, 5) is 14.6. The molecule has 0 bridgehead atoms. The van der Waals surface area contributed by atoms with Gasteiger partial charge in [0.15, 0.2) is 5.82 Å². The fraction of sp³-hybridized carbons (Fsp3) is 0.714. The maximum absolute atomic E-state index is 12.3. The van der Waals surface area contributed by atoms with Crippen molar-refractivity contribution in [2.45, 2.75) is 31.7 Å². The lowest BCUT2D eigenvalue weighted by molar-refractivity contribution is 0.0952. The van der Waals surface area contributed by atoms with Crippen LogP contribution in [-0.4, -0.2) is 43.1 Å². The minimum atomic E-state index is -0.0715. The Balaban J connectivity index is 1.69. The van der Waals surface area contributed by atoms with E-state index >= 15 is 0 Å². The standard InChI is InChI=1S/C14H22N4O2S/c1-20-8-9-4-6-18(7-5-9)14-11(12(15)17-21-14)13(19)16-10-2-3-10/h9-10H,2-8H2,1H3,(H2,15,17)(H,16,19). The highest BCUT2D eigenvalue weighted by Crippen LogP contribution is 2.34. The van der Waals surface area contributed by atoms with E-state index in [0.29, 0.717) is 23.3 Å². The molecule has 0 aromatic carbocycles. The average molecular weight is 310 g/mol. The number of hydrogen-bond acceptors (Lipinski definition) is 6. The van der Waals surface area contributed by atoms with Crippen LogP contribution in [0.4, 0.5) is 10.8 Å². The van der Waals surface area contributed by atoms with Crippen LogP contribution in [0.15, 0.2) is 0 Å². The Bertz CT molecular complexity index is 507. The number of piperidine rings is 1. The van der Waals surface area contributed by atoms with Gasteiger partial charge in [0, 0.05) is 32.8 Å². The fourth-order valence-corrected chi connectivity index (χ4v) is 3.61. The highest BCUT2D eigenvalue weighted by Gasteiger charge is 2.30. The molecule has 1 amide bonds. The number of aromatic nitrogens is 1. The highest BCUT2D eigenvalue weighted by atomic mass is 32.1. The molecule has 1 saturated heterocycles. The third-order valence-corrected chi connectivity index (χ3v) is 5.07. The van der Waals surface area contributed by atoms with Crippen molar-refractivity contribution >= 4 is 28.3 Å². The van der Waals surface area contributed by atoms with Crippen molar-refractivity contribution in [3.8, 4) is 0 Å². The number of ether oxygens (including phenoxy) is 1. The zero-order chi connectivity index (χ0) is 14.8. The minimum Gasteiger partial charge on any atom is -0.384 e. The van der Waals surface area contributed by atoms with Gasteiger partial charge in [0.1, 0.15) is 10.6 Å². The number of nitrogens with zero attached hydrogens (tertiary/aromatic N) is 2. The number of amides is 1. The van der Waals surface area contributed by atoms with Crippen LogP contribution in [0.1, 0.15) is 36.0 Å². The number of anilines is 2. The van der Waals surface area contributed by atoms with E-state index in [-0.39, 0.29) is 5.91 Å². The number of carbonyl (C=O) groups is 1. The number of nitrogens with two attached hydrogens (primary N) is 1. The van der Waals surface area contributed by atoms with Crippen LogP contribution in [0.5, 0.6) is 0 Å². The summed E-state index contributed by atoms with van der Waals surface area (Å²) in [5.41, 5.74) is 6.48. The summed E-state index contributed by atoms with van der Waals surface area (Å²) in [5, 5.41) is 3.92. The largest absolute Gasteiger partial charge is 0.384 e. The molecule has 0 unspecified atom stereocenters. The van der Waals surface area contributed by atoms with Gasteiger partial charge in [-0.05, 0) is 43.1 Å². The van der Waals surface area contributed by atoms with Crippen LogP contribution in [0.25, 0.3) is 0 Å². The quantitative estimate of drug-likeness (QED) is 0.861. The van der Waals surface area contributed by atoms with Gasteiger partial charge in [0.05, 0.1) is 0 Å². The molecule has 1 aliphatic heterocycles. The monoisotopic (exact) mass is 310 g/mol. The number of nitrogens with one attached hydrogen (secondary N) is 1. The number of nitrogen functional groups attached to an aromatic ring is 1. The maximum Gasteiger partial charge on any atom is 0.258 e. The van der Waals surface area contributed by atoms with E-state index < -0.39 is 0 Å². The van der Waals surface area contributed by atoms with Crippen molar-refractivity contribution in [2.75, 3.05) is 37.4 Å². The van der Waals surface area contributed by atoms with Crippen molar-refractivity contribution in [3.05, 3.63) is 5.56 Å². The first-order chi connectivity index (χ1) is 10.2. The Labute approximate surface area is 128 Å². The van der Waals surface area contributed by atoms with Gasteiger partial charge in [-0.15, -0.1) is 0 Å². The molecule has 0 radical (unpaired) electrons. The summed E-state index contributed by atoms with van der Waals surface area (Å²) < 4.78 is 9.41. The summed E-state index contributed by atoms with van der Waals surface area (Å²) in [7, 11) is 1.75.